The van der Waals surface area contributed by atoms with Crippen molar-refractivity contribution in [1.82, 2.24) is 0 Å². The second kappa shape index (κ2) is 8.75. The summed E-state index contributed by atoms with van der Waals surface area (Å²) in [6, 6.07) is 12.6. The van der Waals surface area contributed by atoms with Gasteiger partial charge in [-0.3, -0.25) is 9.10 Å². The van der Waals surface area contributed by atoms with Crippen LogP contribution < -0.4 is 14.4 Å². The molecule has 0 saturated carbocycles. The summed E-state index contributed by atoms with van der Waals surface area (Å²) in [6.07, 6.45) is 0.320. The van der Waals surface area contributed by atoms with Gasteiger partial charge in [-0.2, -0.15) is 0 Å². The molecule has 0 saturated heterocycles. The quantitative estimate of drug-likeness (QED) is 0.708. The highest BCUT2D eigenvalue weighted by atomic mass is 32.2. The van der Waals surface area contributed by atoms with Crippen molar-refractivity contribution in [3.8, 4) is 5.75 Å². The van der Waals surface area contributed by atoms with Crippen molar-refractivity contribution in [2.75, 3.05) is 30.0 Å². The predicted octanol–water partition coefficient (Wildman–Crippen LogP) is 2.28. The SMILES string of the molecule is COC(=O)c1ccc(NC(=O)C(C)Oc2ccc(N(C)S(C)(=O)=O)cc2)cc1. The van der Waals surface area contributed by atoms with Gasteiger partial charge in [-0.15, -0.1) is 0 Å². The van der Waals surface area contributed by atoms with Gasteiger partial charge in [-0.05, 0) is 55.5 Å². The second-order valence-corrected chi connectivity index (χ2v) is 8.06. The first kappa shape index (κ1) is 21.2. The molecule has 0 heterocycles. The largest absolute Gasteiger partial charge is 0.481 e. The van der Waals surface area contributed by atoms with E-state index in [0.717, 1.165) is 10.6 Å². The standard InChI is InChI=1S/C19H22N2O6S/c1-13(18(22)20-15-7-5-14(6-8-15)19(23)26-3)27-17-11-9-16(10-12-17)21(2)28(4,24)25/h5-13H,1-4H3,(H,20,22). The zero-order chi connectivity index (χ0) is 20.9. The molecule has 0 aromatic heterocycles. The van der Waals surface area contributed by atoms with E-state index in [2.05, 4.69) is 10.1 Å². The number of carbonyl (C=O) groups is 2. The minimum atomic E-state index is -3.35. The Morgan fingerprint density at radius 2 is 1.61 bits per heavy atom. The number of amides is 1. The van der Waals surface area contributed by atoms with Crippen molar-refractivity contribution in [3.63, 3.8) is 0 Å². The van der Waals surface area contributed by atoms with Crippen LogP contribution in [0.2, 0.25) is 0 Å². The van der Waals surface area contributed by atoms with E-state index in [9.17, 15) is 18.0 Å². The van der Waals surface area contributed by atoms with Crippen LogP contribution in [0.3, 0.4) is 0 Å². The van der Waals surface area contributed by atoms with Gasteiger partial charge >= 0.3 is 5.97 Å². The van der Waals surface area contributed by atoms with Crippen molar-refractivity contribution in [2.24, 2.45) is 0 Å². The van der Waals surface area contributed by atoms with Gasteiger partial charge in [0.15, 0.2) is 6.10 Å². The van der Waals surface area contributed by atoms with E-state index in [-0.39, 0.29) is 5.91 Å². The van der Waals surface area contributed by atoms with Gasteiger partial charge in [0.2, 0.25) is 10.0 Å². The summed E-state index contributed by atoms with van der Waals surface area (Å²) in [6.45, 7) is 1.59. The Balaban J connectivity index is 1.97. The zero-order valence-electron chi connectivity index (χ0n) is 16.0. The zero-order valence-corrected chi connectivity index (χ0v) is 16.8. The van der Waals surface area contributed by atoms with Gasteiger partial charge in [-0.1, -0.05) is 0 Å². The smallest absolute Gasteiger partial charge is 0.337 e. The molecular formula is C19H22N2O6S. The number of methoxy groups -OCH3 is 1. The Morgan fingerprint density at radius 1 is 1.04 bits per heavy atom. The summed E-state index contributed by atoms with van der Waals surface area (Å²) < 4.78 is 34.5. The Labute approximate surface area is 164 Å². The maximum atomic E-state index is 12.3. The lowest BCUT2D eigenvalue weighted by Crippen LogP contribution is -2.30. The van der Waals surface area contributed by atoms with Gasteiger partial charge in [0, 0.05) is 12.7 Å². The first-order chi connectivity index (χ1) is 13.1. The summed E-state index contributed by atoms with van der Waals surface area (Å²) >= 11 is 0. The number of nitrogens with zero attached hydrogens (tertiary/aromatic N) is 1. The molecule has 8 nitrogen and oxygen atoms in total. The van der Waals surface area contributed by atoms with Gasteiger partial charge in [0.1, 0.15) is 5.75 Å². The third kappa shape index (κ3) is 5.46. The molecule has 28 heavy (non-hydrogen) atoms. The molecule has 1 N–H and O–H groups in total. The number of rotatable bonds is 7. The molecule has 0 aliphatic heterocycles. The summed E-state index contributed by atoms with van der Waals surface area (Å²) in [5.74, 6) is -0.406. The topological polar surface area (TPSA) is 102 Å². The lowest BCUT2D eigenvalue weighted by Gasteiger charge is -2.18. The molecule has 1 amide bonds. The van der Waals surface area contributed by atoms with Gasteiger partial charge < -0.3 is 14.8 Å². The summed E-state index contributed by atoms with van der Waals surface area (Å²) in [7, 11) is -0.605. The van der Waals surface area contributed by atoms with E-state index in [1.54, 1.807) is 55.5 Å². The fraction of sp³-hybridized carbons (Fsp3) is 0.263. The molecular weight excluding hydrogens is 384 g/mol. The average molecular weight is 406 g/mol. The Hall–Kier alpha value is -3.07. The summed E-state index contributed by atoms with van der Waals surface area (Å²) in [4.78, 5) is 23.7. The van der Waals surface area contributed by atoms with E-state index >= 15 is 0 Å². The molecule has 0 fully saturated rings. The third-order valence-electron chi connectivity index (χ3n) is 3.95. The van der Waals surface area contributed by atoms with E-state index in [0.29, 0.717) is 22.7 Å². The number of anilines is 2. The fourth-order valence-electron chi connectivity index (χ4n) is 2.24. The number of carbonyl (C=O) groups excluding carboxylic acids is 2. The highest BCUT2D eigenvalue weighted by molar-refractivity contribution is 7.92. The van der Waals surface area contributed by atoms with Crippen molar-refractivity contribution < 1.29 is 27.5 Å². The fourth-order valence-corrected chi connectivity index (χ4v) is 2.74. The Morgan fingerprint density at radius 3 is 2.11 bits per heavy atom. The first-order valence-electron chi connectivity index (χ1n) is 8.31. The van der Waals surface area contributed by atoms with Crippen LogP contribution in [-0.2, 0) is 19.6 Å². The number of hydrogen-bond donors (Lipinski definition) is 1. The number of ether oxygens (including phenoxy) is 2. The van der Waals surface area contributed by atoms with Crippen molar-refractivity contribution in [2.45, 2.75) is 13.0 Å². The number of nitrogens with one attached hydrogen (secondary N) is 1. The van der Waals surface area contributed by atoms with Crippen LogP contribution >= 0.6 is 0 Å². The third-order valence-corrected chi connectivity index (χ3v) is 5.16. The lowest BCUT2D eigenvalue weighted by molar-refractivity contribution is -0.122. The molecule has 2 aromatic carbocycles. The molecule has 0 aliphatic carbocycles. The van der Waals surface area contributed by atoms with E-state index in [4.69, 9.17) is 4.74 Å². The van der Waals surface area contributed by atoms with Crippen LogP contribution in [0.15, 0.2) is 48.5 Å². The second-order valence-electron chi connectivity index (χ2n) is 6.04. The normalized spacial score (nSPS) is 12.0. The first-order valence-corrected chi connectivity index (χ1v) is 10.2. The molecule has 1 unspecified atom stereocenters. The Kier molecular flexibility index (Phi) is 6.63. The average Bonchev–Trinajstić information content (AvgIpc) is 2.67. The van der Waals surface area contributed by atoms with Crippen LogP contribution in [0.5, 0.6) is 5.75 Å². The van der Waals surface area contributed by atoms with Crippen LogP contribution in [-0.4, -0.2) is 46.8 Å². The summed E-state index contributed by atoms with van der Waals surface area (Å²) in [5.41, 5.74) is 1.37. The molecule has 0 aliphatic rings. The molecule has 2 rings (SSSR count). The van der Waals surface area contributed by atoms with Gasteiger partial charge in [0.05, 0.1) is 24.6 Å². The predicted molar refractivity (Wildman–Crippen MR) is 106 cm³/mol. The molecule has 9 heteroatoms. The van der Waals surface area contributed by atoms with E-state index in [1.165, 1.54) is 14.2 Å². The molecule has 2 aromatic rings. The minimum absolute atomic E-state index is 0.372. The van der Waals surface area contributed by atoms with Crippen LogP contribution in [0.1, 0.15) is 17.3 Å². The molecule has 1 atom stereocenters. The van der Waals surface area contributed by atoms with Gasteiger partial charge in [0.25, 0.3) is 5.91 Å². The van der Waals surface area contributed by atoms with Crippen LogP contribution in [0.4, 0.5) is 11.4 Å². The maximum absolute atomic E-state index is 12.3. The van der Waals surface area contributed by atoms with Crippen LogP contribution in [0.25, 0.3) is 0 Å². The number of esters is 1. The summed E-state index contributed by atoms with van der Waals surface area (Å²) in [5, 5.41) is 2.69. The van der Waals surface area contributed by atoms with E-state index < -0.39 is 22.1 Å². The van der Waals surface area contributed by atoms with Crippen molar-refractivity contribution in [3.05, 3.63) is 54.1 Å². The maximum Gasteiger partial charge on any atom is 0.337 e. The molecule has 0 bridgehead atoms. The lowest BCUT2D eigenvalue weighted by atomic mass is 10.2. The monoisotopic (exact) mass is 406 g/mol. The highest BCUT2D eigenvalue weighted by Crippen LogP contribution is 2.21. The van der Waals surface area contributed by atoms with Crippen molar-refractivity contribution in [1.29, 1.82) is 0 Å². The number of sulfonamides is 1. The number of hydrogen-bond acceptors (Lipinski definition) is 6. The molecule has 0 radical (unpaired) electrons. The highest BCUT2D eigenvalue weighted by Gasteiger charge is 2.16. The number of benzene rings is 2. The molecule has 0 spiro atoms. The minimum Gasteiger partial charge on any atom is -0.481 e. The van der Waals surface area contributed by atoms with Crippen molar-refractivity contribution >= 4 is 33.3 Å². The molecule has 150 valence electrons. The van der Waals surface area contributed by atoms with Gasteiger partial charge in [-0.25, -0.2) is 13.2 Å². The van der Waals surface area contributed by atoms with Crippen LogP contribution in [0, 0.1) is 0 Å². The Bertz CT molecular complexity index is 939. The van der Waals surface area contributed by atoms with E-state index in [1.807, 2.05) is 0 Å².